The van der Waals surface area contributed by atoms with Crippen molar-refractivity contribution >= 4 is 23.0 Å². The fourth-order valence-corrected chi connectivity index (χ4v) is 1.94. The summed E-state index contributed by atoms with van der Waals surface area (Å²) in [5.74, 6) is -2.20. The number of rotatable bonds is 3. The molecular weight excluding hydrogens is 264 g/mol. The number of nitrogens with one attached hydrogen (secondary N) is 1. The number of nitrogens with two attached hydrogens (primary N) is 1. The van der Waals surface area contributed by atoms with Gasteiger partial charge in [0.2, 0.25) is 0 Å². The Bertz CT molecular complexity index is 582. The van der Waals surface area contributed by atoms with Gasteiger partial charge >= 0.3 is 0 Å². The molecule has 0 heterocycles. The first-order valence-corrected chi connectivity index (χ1v) is 6.11. The number of hydrogen-bond donors (Lipinski definition) is 4. The predicted octanol–water partition coefficient (Wildman–Crippen LogP) is 2.44. The maximum absolute atomic E-state index is 10.2. The van der Waals surface area contributed by atoms with Crippen LogP contribution in [0, 0.1) is 6.92 Å². The Labute approximate surface area is 116 Å². The molecule has 0 aliphatic heterocycles. The first-order chi connectivity index (χ1) is 8.88. The van der Waals surface area contributed by atoms with E-state index in [1.807, 2.05) is 0 Å². The van der Waals surface area contributed by atoms with Crippen LogP contribution in [0.2, 0.25) is 5.02 Å². The van der Waals surface area contributed by atoms with E-state index >= 15 is 0 Å². The van der Waals surface area contributed by atoms with E-state index < -0.39 is 5.91 Å². The van der Waals surface area contributed by atoms with Gasteiger partial charge in [-0.3, -0.25) is 0 Å². The lowest BCUT2D eigenvalue weighted by Crippen LogP contribution is -2.35. The maximum atomic E-state index is 10.2. The summed E-state index contributed by atoms with van der Waals surface area (Å²) in [5, 5.41) is 23.5. The molecular formula is C14H15ClN2O2. The molecule has 0 saturated heterocycles. The van der Waals surface area contributed by atoms with Crippen LogP contribution in [0.4, 0.5) is 11.4 Å². The largest absolute Gasteiger partial charge is 0.399 e. The van der Waals surface area contributed by atoms with E-state index in [0.717, 1.165) is 5.56 Å². The van der Waals surface area contributed by atoms with Gasteiger partial charge in [0.25, 0.3) is 5.91 Å². The van der Waals surface area contributed by atoms with Crippen LogP contribution in [-0.4, -0.2) is 10.2 Å². The molecule has 19 heavy (non-hydrogen) atoms. The van der Waals surface area contributed by atoms with Gasteiger partial charge in [0.1, 0.15) is 0 Å². The van der Waals surface area contributed by atoms with Crippen molar-refractivity contribution in [3.05, 3.63) is 58.6 Å². The lowest BCUT2D eigenvalue weighted by Gasteiger charge is -2.26. The first kappa shape index (κ1) is 13.7. The number of anilines is 2. The van der Waals surface area contributed by atoms with Crippen LogP contribution >= 0.6 is 11.6 Å². The second kappa shape index (κ2) is 5.09. The van der Waals surface area contributed by atoms with Gasteiger partial charge in [-0.15, -0.1) is 0 Å². The third-order valence-corrected chi connectivity index (χ3v) is 3.05. The zero-order valence-corrected chi connectivity index (χ0v) is 11.1. The minimum atomic E-state index is -2.20. The zero-order chi connectivity index (χ0) is 14.0. The summed E-state index contributed by atoms with van der Waals surface area (Å²) in [4.78, 5) is 0. The van der Waals surface area contributed by atoms with Gasteiger partial charge in [-0.25, -0.2) is 0 Å². The average Bonchev–Trinajstić information content (AvgIpc) is 2.35. The van der Waals surface area contributed by atoms with E-state index in [4.69, 9.17) is 17.3 Å². The Morgan fingerprint density at radius 3 is 2.37 bits per heavy atom. The average molecular weight is 279 g/mol. The molecule has 5 N–H and O–H groups in total. The normalized spacial score (nSPS) is 11.4. The summed E-state index contributed by atoms with van der Waals surface area (Å²) in [5.41, 5.74) is 7.70. The molecule has 2 aromatic carbocycles. The zero-order valence-electron chi connectivity index (χ0n) is 10.4. The van der Waals surface area contributed by atoms with Crippen LogP contribution < -0.4 is 11.1 Å². The van der Waals surface area contributed by atoms with Gasteiger partial charge in [-0.2, -0.15) is 0 Å². The number of benzene rings is 2. The van der Waals surface area contributed by atoms with Crippen LogP contribution in [-0.2, 0) is 5.91 Å². The molecule has 0 spiro atoms. The Morgan fingerprint density at radius 2 is 1.74 bits per heavy atom. The molecule has 100 valence electrons. The lowest BCUT2D eigenvalue weighted by atomic mass is 10.0. The molecule has 0 amide bonds. The summed E-state index contributed by atoms with van der Waals surface area (Å²) in [6.07, 6.45) is 0. The predicted molar refractivity (Wildman–Crippen MR) is 76.8 cm³/mol. The monoisotopic (exact) mass is 278 g/mol. The minimum Gasteiger partial charge on any atom is -0.399 e. The quantitative estimate of drug-likeness (QED) is 0.514. The van der Waals surface area contributed by atoms with Gasteiger partial charge in [-0.1, -0.05) is 17.7 Å². The third-order valence-electron chi connectivity index (χ3n) is 2.80. The summed E-state index contributed by atoms with van der Waals surface area (Å²) in [7, 11) is 0. The lowest BCUT2D eigenvalue weighted by molar-refractivity contribution is -0.143. The third kappa shape index (κ3) is 3.17. The van der Waals surface area contributed by atoms with Gasteiger partial charge in [-0.05, 0) is 48.9 Å². The second-order valence-electron chi connectivity index (χ2n) is 4.38. The number of aryl methyl sites for hydroxylation is 1. The van der Waals surface area contributed by atoms with E-state index in [1.165, 1.54) is 6.07 Å². The van der Waals surface area contributed by atoms with E-state index in [9.17, 15) is 10.2 Å². The fraction of sp³-hybridized carbons (Fsp3) is 0.143. The minimum absolute atomic E-state index is 0.308. The number of halogens is 1. The van der Waals surface area contributed by atoms with Crippen molar-refractivity contribution in [1.29, 1.82) is 0 Å². The van der Waals surface area contributed by atoms with Crippen molar-refractivity contribution in [3.8, 4) is 0 Å². The van der Waals surface area contributed by atoms with Gasteiger partial charge < -0.3 is 21.3 Å². The molecule has 0 unspecified atom stereocenters. The van der Waals surface area contributed by atoms with Crippen LogP contribution in [0.3, 0.4) is 0 Å². The van der Waals surface area contributed by atoms with Crippen molar-refractivity contribution in [2.75, 3.05) is 11.1 Å². The topological polar surface area (TPSA) is 78.5 Å². The second-order valence-corrected chi connectivity index (χ2v) is 4.81. The molecule has 0 saturated carbocycles. The highest BCUT2D eigenvalue weighted by Gasteiger charge is 2.27. The summed E-state index contributed by atoms with van der Waals surface area (Å²) < 4.78 is 0. The smallest absolute Gasteiger partial charge is 0.273 e. The van der Waals surface area contributed by atoms with Crippen molar-refractivity contribution in [2.45, 2.75) is 12.8 Å². The van der Waals surface area contributed by atoms with E-state index in [1.54, 1.807) is 43.3 Å². The van der Waals surface area contributed by atoms with Crippen LogP contribution in [0.25, 0.3) is 0 Å². The molecule has 0 aromatic heterocycles. The highest BCUT2D eigenvalue weighted by molar-refractivity contribution is 6.30. The van der Waals surface area contributed by atoms with Crippen LogP contribution in [0.1, 0.15) is 11.1 Å². The molecule has 0 radical (unpaired) electrons. The summed E-state index contributed by atoms with van der Waals surface area (Å²) >= 11 is 5.78. The van der Waals surface area contributed by atoms with E-state index in [2.05, 4.69) is 5.32 Å². The molecule has 0 bridgehead atoms. The molecule has 2 rings (SSSR count). The van der Waals surface area contributed by atoms with Gasteiger partial charge in [0.05, 0.1) is 0 Å². The van der Waals surface area contributed by atoms with Crippen molar-refractivity contribution in [3.63, 3.8) is 0 Å². The van der Waals surface area contributed by atoms with Crippen LogP contribution in [0.15, 0.2) is 42.5 Å². The summed E-state index contributed by atoms with van der Waals surface area (Å²) in [6, 6.07) is 11.6. The standard InChI is InChI=1S/C14H15ClN2O2/c1-9-2-5-11(16)8-13(9)14(18,19)17-12-6-3-10(15)4-7-12/h2-8,17-19H,16H2,1H3. The molecule has 0 aliphatic rings. The van der Waals surface area contributed by atoms with Crippen LogP contribution in [0.5, 0.6) is 0 Å². The molecule has 2 aromatic rings. The Balaban J connectivity index is 2.31. The van der Waals surface area contributed by atoms with Crippen molar-refractivity contribution in [1.82, 2.24) is 0 Å². The Kier molecular flexibility index (Phi) is 3.66. The van der Waals surface area contributed by atoms with Crippen molar-refractivity contribution < 1.29 is 10.2 Å². The van der Waals surface area contributed by atoms with Gasteiger partial charge in [0, 0.05) is 22.0 Å². The fourth-order valence-electron chi connectivity index (χ4n) is 1.82. The number of aliphatic hydroxyl groups is 2. The SMILES string of the molecule is Cc1ccc(N)cc1C(O)(O)Nc1ccc(Cl)cc1. The molecule has 4 nitrogen and oxygen atoms in total. The van der Waals surface area contributed by atoms with Gasteiger partial charge in [0.15, 0.2) is 0 Å². The highest BCUT2D eigenvalue weighted by atomic mass is 35.5. The Morgan fingerprint density at radius 1 is 1.11 bits per heavy atom. The molecule has 0 atom stereocenters. The van der Waals surface area contributed by atoms with Crippen molar-refractivity contribution in [2.24, 2.45) is 0 Å². The Hall–Kier alpha value is -1.75. The molecule has 0 aliphatic carbocycles. The number of nitrogen functional groups attached to an aromatic ring is 1. The maximum Gasteiger partial charge on any atom is 0.273 e. The first-order valence-electron chi connectivity index (χ1n) is 5.73. The molecule has 0 fully saturated rings. The van der Waals surface area contributed by atoms with E-state index in [-0.39, 0.29) is 0 Å². The van der Waals surface area contributed by atoms with E-state index in [0.29, 0.717) is 22.0 Å². The molecule has 5 heteroatoms. The highest BCUT2D eigenvalue weighted by Crippen LogP contribution is 2.26. The summed E-state index contributed by atoms with van der Waals surface area (Å²) in [6.45, 7) is 1.78. The number of hydrogen-bond acceptors (Lipinski definition) is 4.